The summed E-state index contributed by atoms with van der Waals surface area (Å²) in [5.74, 6) is 0.662. The third-order valence-corrected chi connectivity index (χ3v) is 3.12. The average Bonchev–Trinajstić information content (AvgIpc) is 2.30. The SMILES string of the molecule is CC1C=CC=CC1C(=O)N1CCNCC1. The summed E-state index contributed by atoms with van der Waals surface area (Å²) in [5.41, 5.74) is 0. The summed E-state index contributed by atoms with van der Waals surface area (Å²) in [6.07, 6.45) is 8.12. The Labute approximate surface area is 90.8 Å². The quantitative estimate of drug-likeness (QED) is 0.688. The van der Waals surface area contributed by atoms with Gasteiger partial charge in [-0.15, -0.1) is 0 Å². The Morgan fingerprint density at radius 2 is 1.93 bits per heavy atom. The molecule has 0 aromatic rings. The maximum absolute atomic E-state index is 12.2. The Kier molecular flexibility index (Phi) is 3.21. The highest BCUT2D eigenvalue weighted by Crippen LogP contribution is 2.21. The summed E-state index contributed by atoms with van der Waals surface area (Å²) >= 11 is 0. The van der Waals surface area contributed by atoms with Gasteiger partial charge in [0, 0.05) is 26.2 Å². The van der Waals surface area contributed by atoms with E-state index in [1.54, 1.807) is 0 Å². The van der Waals surface area contributed by atoms with Gasteiger partial charge in [0.2, 0.25) is 5.91 Å². The molecule has 0 bridgehead atoms. The molecule has 82 valence electrons. The first-order valence-electron chi connectivity index (χ1n) is 5.63. The lowest BCUT2D eigenvalue weighted by Crippen LogP contribution is -2.49. The predicted octanol–water partition coefficient (Wildman–Crippen LogP) is 0.796. The van der Waals surface area contributed by atoms with Crippen molar-refractivity contribution in [2.24, 2.45) is 11.8 Å². The molecule has 2 unspecified atom stereocenters. The van der Waals surface area contributed by atoms with Crippen LogP contribution in [0.5, 0.6) is 0 Å². The molecule has 1 N–H and O–H groups in total. The average molecular weight is 206 g/mol. The number of carbonyl (C=O) groups excluding carboxylic acids is 1. The van der Waals surface area contributed by atoms with Gasteiger partial charge in [-0.25, -0.2) is 0 Å². The first kappa shape index (κ1) is 10.4. The molecular formula is C12H18N2O. The van der Waals surface area contributed by atoms with Crippen molar-refractivity contribution in [2.75, 3.05) is 26.2 Å². The van der Waals surface area contributed by atoms with E-state index in [9.17, 15) is 4.79 Å². The van der Waals surface area contributed by atoms with Crippen molar-refractivity contribution in [2.45, 2.75) is 6.92 Å². The molecule has 3 nitrogen and oxygen atoms in total. The van der Waals surface area contributed by atoms with Crippen molar-refractivity contribution in [3.8, 4) is 0 Å². The summed E-state index contributed by atoms with van der Waals surface area (Å²) in [6.45, 7) is 5.64. The third-order valence-electron chi connectivity index (χ3n) is 3.12. The summed E-state index contributed by atoms with van der Waals surface area (Å²) in [4.78, 5) is 14.1. The second-order valence-electron chi connectivity index (χ2n) is 4.23. The fourth-order valence-corrected chi connectivity index (χ4v) is 2.12. The van der Waals surface area contributed by atoms with E-state index in [0.717, 1.165) is 26.2 Å². The van der Waals surface area contributed by atoms with E-state index in [2.05, 4.69) is 18.3 Å². The number of piperazine rings is 1. The van der Waals surface area contributed by atoms with Gasteiger partial charge >= 0.3 is 0 Å². The van der Waals surface area contributed by atoms with E-state index in [1.807, 2.05) is 23.1 Å². The van der Waals surface area contributed by atoms with E-state index in [1.165, 1.54) is 0 Å². The maximum atomic E-state index is 12.2. The normalized spacial score (nSPS) is 30.6. The van der Waals surface area contributed by atoms with Crippen LogP contribution in [0.25, 0.3) is 0 Å². The topological polar surface area (TPSA) is 32.3 Å². The summed E-state index contributed by atoms with van der Waals surface area (Å²) in [6, 6.07) is 0. The minimum atomic E-state index is 0.0492. The van der Waals surface area contributed by atoms with Gasteiger partial charge in [0.1, 0.15) is 0 Å². The maximum Gasteiger partial charge on any atom is 0.230 e. The zero-order valence-corrected chi connectivity index (χ0v) is 9.15. The van der Waals surface area contributed by atoms with Crippen LogP contribution in [0.2, 0.25) is 0 Å². The molecule has 0 aromatic heterocycles. The van der Waals surface area contributed by atoms with Crippen LogP contribution in [0.1, 0.15) is 6.92 Å². The van der Waals surface area contributed by atoms with E-state index >= 15 is 0 Å². The molecule has 1 aliphatic carbocycles. The number of nitrogens with zero attached hydrogens (tertiary/aromatic N) is 1. The van der Waals surface area contributed by atoms with Crippen molar-refractivity contribution in [3.63, 3.8) is 0 Å². The van der Waals surface area contributed by atoms with Crippen LogP contribution in [0.15, 0.2) is 24.3 Å². The summed E-state index contributed by atoms with van der Waals surface area (Å²) in [5, 5.41) is 3.26. The van der Waals surface area contributed by atoms with Crippen LogP contribution in [0.3, 0.4) is 0 Å². The Bertz CT molecular complexity index is 290. The Hall–Kier alpha value is -1.09. The first-order valence-corrected chi connectivity index (χ1v) is 5.63. The molecule has 0 spiro atoms. The van der Waals surface area contributed by atoms with E-state index in [0.29, 0.717) is 5.92 Å². The number of amides is 1. The highest BCUT2D eigenvalue weighted by atomic mass is 16.2. The van der Waals surface area contributed by atoms with Gasteiger partial charge in [-0.3, -0.25) is 4.79 Å². The molecule has 15 heavy (non-hydrogen) atoms. The molecule has 0 radical (unpaired) electrons. The van der Waals surface area contributed by atoms with Gasteiger partial charge < -0.3 is 10.2 Å². The van der Waals surface area contributed by atoms with Gasteiger partial charge in [0.05, 0.1) is 5.92 Å². The lowest BCUT2D eigenvalue weighted by Gasteiger charge is -2.32. The molecule has 0 saturated carbocycles. The molecular weight excluding hydrogens is 188 g/mol. The number of nitrogens with one attached hydrogen (secondary N) is 1. The Morgan fingerprint density at radius 1 is 1.27 bits per heavy atom. The summed E-state index contributed by atoms with van der Waals surface area (Å²) < 4.78 is 0. The zero-order chi connectivity index (χ0) is 10.7. The number of rotatable bonds is 1. The molecule has 1 aliphatic heterocycles. The van der Waals surface area contributed by atoms with Crippen LogP contribution in [0.4, 0.5) is 0 Å². The van der Waals surface area contributed by atoms with Gasteiger partial charge in [-0.1, -0.05) is 31.2 Å². The minimum absolute atomic E-state index is 0.0492. The van der Waals surface area contributed by atoms with Crippen molar-refractivity contribution in [3.05, 3.63) is 24.3 Å². The molecule has 1 amide bonds. The smallest absolute Gasteiger partial charge is 0.230 e. The number of allylic oxidation sites excluding steroid dienone is 3. The first-order chi connectivity index (χ1) is 7.29. The molecule has 1 heterocycles. The molecule has 3 heteroatoms. The van der Waals surface area contributed by atoms with Crippen LogP contribution < -0.4 is 5.32 Å². The highest BCUT2D eigenvalue weighted by Gasteiger charge is 2.27. The number of carbonyl (C=O) groups is 1. The predicted molar refractivity (Wildman–Crippen MR) is 60.4 cm³/mol. The van der Waals surface area contributed by atoms with Gasteiger partial charge in [-0.05, 0) is 5.92 Å². The zero-order valence-electron chi connectivity index (χ0n) is 9.15. The van der Waals surface area contributed by atoms with E-state index in [-0.39, 0.29) is 11.8 Å². The molecule has 2 atom stereocenters. The Morgan fingerprint density at radius 3 is 2.60 bits per heavy atom. The van der Waals surface area contributed by atoms with Crippen molar-refractivity contribution in [1.29, 1.82) is 0 Å². The minimum Gasteiger partial charge on any atom is -0.340 e. The van der Waals surface area contributed by atoms with Crippen LogP contribution >= 0.6 is 0 Å². The van der Waals surface area contributed by atoms with Gasteiger partial charge in [0.25, 0.3) is 0 Å². The fourth-order valence-electron chi connectivity index (χ4n) is 2.12. The molecule has 1 fully saturated rings. The van der Waals surface area contributed by atoms with Gasteiger partial charge in [-0.2, -0.15) is 0 Å². The monoisotopic (exact) mass is 206 g/mol. The van der Waals surface area contributed by atoms with E-state index < -0.39 is 0 Å². The van der Waals surface area contributed by atoms with E-state index in [4.69, 9.17) is 0 Å². The fraction of sp³-hybridized carbons (Fsp3) is 0.583. The number of hydrogen-bond donors (Lipinski definition) is 1. The largest absolute Gasteiger partial charge is 0.340 e. The summed E-state index contributed by atoms with van der Waals surface area (Å²) in [7, 11) is 0. The number of hydrogen-bond acceptors (Lipinski definition) is 2. The van der Waals surface area contributed by atoms with Crippen molar-refractivity contribution in [1.82, 2.24) is 10.2 Å². The molecule has 1 saturated heterocycles. The van der Waals surface area contributed by atoms with Crippen molar-refractivity contribution >= 4 is 5.91 Å². The second kappa shape index (κ2) is 4.62. The van der Waals surface area contributed by atoms with Crippen molar-refractivity contribution < 1.29 is 4.79 Å². The van der Waals surface area contributed by atoms with Crippen LogP contribution in [-0.2, 0) is 4.79 Å². The van der Waals surface area contributed by atoms with Gasteiger partial charge in [0.15, 0.2) is 0 Å². The Balaban J connectivity index is 2.00. The lowest BCUT2D eigenvalue weighted by atomic mass is 9.89. The molecule has 0 aromatic carbocycles. The molecule has 2 aliphatic rings. The third kappa shape index (κ3) is 2.29. The highest BCUT2D eigenvalue weighted by molar-refractivity contribution is 5.81. The standard InChI is InChI=1S/C12H18N2O/c1-10-4-2-3-5-11(10)12(15)14-8-6-13-7-9-14/h2-5,10-11,13H,6-9H2,1H3. The second-order valence-corrected chi connectivity index (χ2v) is 4.23. The van der Waals surface area contributed by atoms with Crippen LogP contribution in [-0.4, -0.2) is 37.0 Å². The lowest BCUT2D eigenvalue weighted by molar-refractivity contribution is -0.135. The van der Waals surface area contributed by atoms with Crippen LogP contribution in [0, 0.1) is 11.8 Å². The molecule has 2 rings (SSSR count).